The van der Waals surface area contributed by atoms with Crippen molar-refractivity contribution in [1.29, 1.82) is 0 Å². The summed E-state index contributed by atoms with van der Waals surface area (Å²) >= 11 is 7.42. The fourth-order valence-electron chi connectivity index (χ4n) is 1.29. The van der Waals surface area contributed by atoms with Crippen LogP contribution in [-0.2, 0) is 0 Å². The summed E-state index contributed by atoms with van der Waals surface area (Å²) in [5, 5.41) is 2.90. The molecular formula is C11H9ClFNOS. The normalized spacial score (nSPS) is 10.5. The number of nitrogens with zero attached hydrogens (tertiary/aromatic N) is 1. The van der Waals surface area contributed by atoms with Crippen molar-refractivity contribution in [2.45, 2.75) is 6.92 Å². The second-order valence-electron chi connectivity index (χ2n) is 3.28. The van der Waals surface area contributed by atoms with Gasteiger partial charge in [-0.2, -0.15) is 0 Å². The molecule has 0 aliphatic heterocycles. The Bertz CT molecular complexity index is 527. The molecule has 16 heavy (non-hydrogen) atoms. The minimum absolute atomic E-state index is 0.284. The first kappa shape index (κ1) is 11.4. The first-order chi connectivity index (χ1) is 7.61. The Labute approximate surface area is 102 Å². The Balaban J connectivity index is 2.51. The lowest BCUT2D eigenvalue weighted by atomic mass is 10.1. The van der Waals surface area contributed by atoms with E-state index < -0.39 is 0 Å². The molecule has 0 amide bonds. The molecule has 2 aromatic rings. The van der Waals surface area contributed by atoms with Crippen LogP contribution >= 0.6 is 22.9 Å². The predicted octanol–water partition coefficient (Wildman–Crippen LogP) is 3.92. The number of ether oxygens (including phenoxy) is 1. The highest BCUT2D eigenvalue weighted by Gasteiger charge is 2.11. The van der Waals surface area contributed by atoms with Gasteiger partial charge in [-0.25, -0.2) is 9.37 Å². The third-order valence-electron chi connectivity index (χ3n) is 2.17. The van der Waals surface area contributed by atoms with Gasteiger partial charge in [0.25, 0.3) is 0 Å². The van der Waals surface area contributed by atoms with Crippen LogP contribution in [0.3, 0.4) is 0 Å². The molecule has 0 fully saturated rings. The number of hydrogen-bond acceptors (Lipinski definition) is 3. The Hall–Kier alpha value is -1.13. The Morgan fingerprint density at radius 2 is 2.19 bits per heavy atom. The van der Waals surface area contributed by atoms with E-state index in [9.17, 15) is 4.39 Å². The third-order valence-corrected chi connectivity index (χ3v) is 3.34. The van der Waals surface area contributed by atoms with Crippen LogP contribution in [0.15, 0.2) is 17.5 Å². The summed E-state index contributed by atoms with van der Waals surface area (Å²) in [4.78, 5) is 4.18. The van der Waals surface area contributed by atoms with Crippen LogP contribution in [0.5, 0.6) is 5.88 Å². The van der Waals surface area contributed by atoms with Crippen LogP contribution in [0.1, 0.15) is 5.56 Å². The van der Waals surface area contributed by atoms with E-state index in [4.69, 9.17) is 16.3 Å². The van der Waals surface area contributed by atoms with Crippen molar-refractivity contribution in [1.82, 2.24) is 4.98 Å². The molecule has 2 nitrogen and oxygen atoms in total. The van der Waals surface area contributed by atoms with Gasteiger partial charge in [-0.3, -0.25) is 0 Å². The van der Waals surface area contributed by atoms with Crippen molar-refractivity contribution in [3.8, 4) is 16.5 Å². The van der Waals surface area contributed by atoms with E-state index in [0.29, 0.717) is 27.0 Å². The fraction of sp³-hybridized carbons (Fsp3) is 0.182. The van der Waals surface area contributed by atoms with Crippen molar-refractivity contribution in [2.75, 3.05) is 7.11 Å². The van der Waals surface area contributed by atoms with Gasteiger partial charge in [0.2, 0.25) is 5.88 Å². The first-order valence-electron chi connectivity index (χ1n) is 4.57. The van der Waals surface area contributed by atoms with Crippen LogP contribution in [-0.4, -0.2) is 12.1 Å². The van der Waals surface area contributed by atoms with Gasteiger partial charge < -0.3 is 4.74 Å². The number of halogens is 2. The minimum atomic E-state index is -0.284. The summed E-state index contributed by atoms with van der Waals surface area (Å²) in [5.74, 6) is 0.227. The molecule has 0 aliphatic rings. The van der Waals surface area contributed by atoms with Gasteiger partial charge in [-0.1, -0.05) is 11.6 Å². The van der Waals surface area contributed by atoms with E-state index in [0.717, 1.165) is 0 Å². The van der Waals surface area contributed by atoms with Gasteiger partial charge in [0, 0.05) is 5.56 Å². The minimum Gasteiger partial charge on any atom is -0.480 e. The average molecular weight is 258 g/mol. The molecule has 0 bridgehead atoms. The van der Waals surface area contributed by atoms with E-state index in [1.165, 1.54) is 24.5 Å². The lowest BCUT2D eigenvalue weighted by Gasteiger charge is -2.03. The van der Waals surface area contributed by atoms with Gasteiger partial charge in [0.15, 0.2) is 0 Å². The molecule has 0 N–H and O–H groups in total. The third kappa shape index (κ3) is 2.03. The highest BCUT2D eigenvalue weighted by Crippen LogP contribution is 2.33. The molecule has 0 unspecified atom stereocenters. The number of hydrogen-bond donors (Lipinski definition) is 0. The molecule has 1 aromatic heterocycles. The second kappa shape index (κ2) is 4.39. The van der Waals surface area contributed by atoms with E-state index in [1.54, 1.807) is 18.4 Å². The zero-order valence-corrected chi connectivity index (χ0v) is 10.3. The quantitative estimate of drug-likeness (QED) is 0.814. The lowest BCUT2D eigenvalue weighted by molar-refractivity contribution is 0.401. The number of thiazole rings is 1. The van der Waals surface area contributed by atoms with Crippen molar-refractivity contribution < 1.29 is 9.13 Å². The Morgan fingerprint density at radius 3 is 2.81 bits per heavy atom. The molecule has 0 spiro atoms. The molecule has 1 heterocycles. The molecule has 1 aromatic carbocycles. The maximum absolute atomic E-state index is 13.4. The van der Waals surface area contributed by atoms with E-state index >= 15 is 0 Å². The maximum Gasteiger partial charge on any atom is 0.224 e. The highest BCUT2D eigenvalue weighted by molar-refractivity contribution is 7.13. The number of aryl methyl sites for hydroxylation is 1. The number of aromatic nitrogens is 1. The molecule has 0 aliphatic carbocycles. The predicted molar refractivity (Wildman–Crippen MR) is 63.8 cm³/mol. The first-order valence-corrected chi connectivity index (χ1v) is 5.83. The summed E-state index contributed by atoms with van der Waals surface area (Å²) in [6, 6.07) is 3.00. The zero-order valence-electron chi connectivity index (χ0n) is 8.75. The van der Waals surface area contributed by atoms with Crippen molar-refractivity contribution in [3.05, 3.63) is 33.9 Å². The molecular weight excluding hydrogens is 249 g/mol. The summed E-state index contributed by atoms with van der Waals surface area (Å²) in [6.45, 7) is 1.67. The van der Waals surface area contributed by atoms with E-state index in [2.05, 4.69) is 4.98 Å². The topological polar surface area (TPSA) is 22.1 Å². The second-order valence-corrected chi connectivity index (χ2v) is 4.54. The van der Waals surface area contributed by atoms with Crippen LogP contribution in [0.2, 0.25) is 5.02 Å². The lowest BCUT2D eigenvalue weighted by Crippen LogP contribution is -1.87. The number of rotatable bonds is 2. The SMILES string of the molecule is COc1csc(-c2cc(F)c(C)cc2Cl)n1. The van der Waals surface area contributed by atoms with Gasteiger partial charge in [0.1, 0.15) is 10.8 Å². The van der Waals surface area contributed by atoms with Gasteiger partial charge in [-0.15, -0.1) is 11.3 Å². The number of methoxy groups -OCH3 is 1. The smallest absolute Gasteiger partial charge is 0.224 e. The van der Waals surface area contributed by atoms with Crippen molar-refractivity contribution in [3.63, 3.8) is 0 Å². The molecule has 2 rings (SSSR count). The monoisotopic (exact) mass is 257 g/mol. The molecule has 0 atom stereocenters. The van der Waals surface area contributed by atoms with E-state index in [-0.39, 0.29) is 5.82 Å². The Morgan fingerprint density at radius 1 is 1.44 bits per heavy atom. The molecule has 84 valence electrons. The molecule has 0 saturated heterocycles. The van der Waals surface area contributed by atoms with Gasteiger partial charge >= 0.3 is 0 Å². The summed E-state index contributed by atoms with van der Waals surface area (Å²) in [7, 11) is 1.54. The molecule has 0 saturated carbocycles. The van der Waals surface area contributed by atoms with Crippen LogP contribution in [0.4, 0.5) is 4.39 Å². The zero-order chi connectivity index (χ0) is 11.7. The summed E-state index contributed by atoms with van der Waals surface area (Å²) < 4.78 is 18.4. The summed E-state index contributed by atoms with van der Waals surface area (Å²) in [5.41, 5.74) is 1.12. The summed E-state index contributed by atoms with van der Waals surface area (Å²) in [6.07, 6.45) is 0. The average Bonchev–Trinajstić information content (AvgIpc) is 2.71. The maximum atomic E-state index is 13.4. The van der Waals surface area contributed by atoms with Crippen LogP contribution in [0.25, 0.3) is 10.6 Å². The van der Waals surface area contributed by atoms with Crippen LogP contribution < -0.4 is 4.74 Å². The Kier molecular flexibility index (Phi) is 3.12. The highest BCUT2D eigenvalue weighted by atomic mass is 35.5. The van der Waals surface area contributed by atoms with Crippen LogP contribution in [0, 0.1) is 12.7 Å². The van der Waals surface area contributed by atoms with Gasteiger partial charge in [0.05, 0.1) is 17.5 Å². The fourth-order valence-corrected chi connectivity index (χ4v) is 2.45. The van der Waals surface area contributed by atoms with Crippen molar-refractivity contribution >= 4 is 22.9 Å². The van der Waals surface area contributed by atoms with E-state index in [1.807, 2.05) is 0 Å². The molecule has 0 radical (unpaired) electrons. The standard InChI is InChI=1S/C11H9ClFNOS/c1-6-3-8(12)7(4-9(6)13)11-14-10(15-2)5-16-11/h3-5H,1-2H3. The molecule has 5 heteroatoms. The largest absolute Gasteiger partial charge is 0.480 e. The number of benzene rings is 1. The van der Waals surface area contributed by atoms with Gasteiger partial charge in [-0.05, 0) is 24.6 Å². The van der Waals surface area contributed by atoms with Crippen molar-refractivity contribution in [2.24, 2.45) is 0 Å².